The molecule has 0 aliphatic rings. The fraction of sp³-hybridized carbons (Fsp3) is 0.200. The standard InChI is InChI=1S/C15H13ClN2O5S/c1-9(10-2-4-11(16)5-3-10)17-13(19)8-23-15(20)12-6-7-14(24-12)18(21)22/h2-7,9H,8H2,1H3,(H,17,19). The van der Waals surface area contributed by atoms with Crippen LogP contribution in [-0.4, -0.2) is 23.4 Å². The third kappa shape index (κ3) is 4.77. The van der Waals surface area contributed by atoms with Gasteiger partial charge in [0.2, 0.25) is 0 Å². The Morgan fingerprint density at radius 1 is 1.29 bits per heavy atom. The smallest absolute Gasteiger partial charge is 0.349 e. The normalized spacial score (nSPS) is 11.6. The molecule has 0 bridgehead atoms. The van der Waals surface area contributed by atoms with Crippen molar-refractivity contribution in [1.29, 1.82) is 0 Å². The van der Waals surface area contributed by atoms with Gasteiger partial charge in [-0.15, -0.1) is 0 Å². The van der Waals surface area contributed by atoms with E-state index >= 15 is 0 Å². The molecule has 1 unspecified atom stereocenters. The molecule has 1 heterocycles. The van der Waals surface area contributed by atoms with Crippen LogP contribution in [0.25, 0.3) is 0 Å². The summed E-state index contributed by atoms with van der Waals surface area (Å²) in [5.74, 6) is -1.25. The Balaban J connectivity index is 1.84. The Morgan fingerprint density at radius 3 is 2.54 bits per heavy atom. The third-order valence-electron chi connectivity index (χ3n) is 3.05. The predicted octanol–water partition coefficient (Wildman–Crippen LogP) is 3.34. The Morgan fingerprint density at radius 2 is 1.96 bits per heavy atom. The Bertz CT molecular complexity index is 759. The van der Waals surface area contributed by atoms with E-state index in [0.717, 1.165) is 5.56 Å². The molecule has 126 valence electrons. The van der Waals surface area contributed by atoms with Crippen LogP contribution in [0.15, 0.2) is 36.4 Å². The molecule has 2 aromatic rings. The first-order chi connectivity index (χ1) is 11.4. The number of benzene rings is 1. The van der Waals surface area contributed by atoms with Crippen LogP contribution in [0.4, 0.5) is 5.00 Å². The number of nitrogens with one attached hydrogen (secondary N) is 1. The third-order valence-corrected chi connectivity index (χ3v) is 4.32. The molecular formula is C15H13ClN2O5S. The highest BCUT2D eigenvalue weighted by Crippen LogP contribution is 2.24. The van der Waals surface area contributed by atoms with Crippen LogP contribution < -0.4 is 5.32 Å². The minimum absolute atomic E-state index is 0.0697. The molecule has 0 aliphatic carbocycles. The van der Waals surface area contributed by atoms with Crippen LogP contribution in [0.2, 0.25) is 5.02 Å². The van der Waals surface area contributed by atoms with Gasteiger partial charge in [0, 0.05) is 11.1 Å². The minimum atomic E-state index is -0.776. The summed E-state index contributed by atoms with van der Waals surface area (Å²) in [6, 6.07) is 9.21. The number of rotatable bonds is 6. The zero-order chi connectivity index (χ0) is 17.7. The van der Waals surface area contributed by atoms with E-state index in [4.69, 9.17) is 16.3 Å². The number of hydrogen-bond donors (Lipinski definition) is 1. The zero-order valence-corrected chi connectivity index (χ0v) is 14.1. The zero-order valence-electron chi connectivity index (χ0n) is 12.5. The van der Waals surface area contributed by atoms with E-state index in [-0.39, 0.29) is 15.9 Å². The molecular weight excluding hydrogens is 356 g/mol. The molecule has 0 aliphatic heterocycles. The van der Waals surface area contributed by atoms with Gasteiger partial charge in [-0.25, -0.2) is 4.79 Å². The van der Waals surface area contributed by atoms with E-state index in [1.807, 2.05) is 0 Å². The maximum absolute atomic E-state index is 11.8. The van der Waals surface area contributed by atoms with Gasteiger partial charge < -0.3 is 10.1 Å². The molecule has 7 nitrogen and oxygen atoms in total. The number of halogens is 1. The Kier molecular flexibility index (Phi) is 5.88. The Hall–Kier alpha value is -2.45. The molecule has 1 aromatic heterocycles. The van der Waals surface area contributed by atoms with Crippen LogP contribution in [0.5, 0.6) is 0 Å². The average molecular weight is 369 g/mol. The SMILES string of the molecule is CC(NC(=O)COC(=O)c1ccc([N+](=O)[O-])s1)c1ccc(Cl)cc1. The summed E-state index contributed by atoms with van der Waals surface area (Å²) in [6.45, 7) is 1.31. The second kappa shape index (κ2) is 7.89. The van der Waals surface area contributed by atoms with Gasteiger partial charge in [-0.2, -0.15) is 0 Å². The monoisotopic (exact) mass is 368 g/mol. The highest BCUT2D eigenvalue weighted by molar-refractivity contribution is 7.17. The molecule has 24 heavy (non-hydrogen) atoms. The van der Waals surface area contributed by atoms with Crippen LogP contribution >= 0.6 is 22.9 Å². The van der Waals surface area contributed by atoms with Crippen LogP contribution in [0.3, 0.4) is 0 Å². The van der Waals surface area contributed by atoms with Crippen molar-refractivity contribution >= 4 is 39.8 Å². The molecule has 0 spiro atoms. The van der Waals surface area contributed by atoms with Gasteiger partial charge in [0.25, 0.3) is 5.91 Å². The molecule has 0 fully saturated rings. The summed E-state index contributed by atoms with van der Waals surface area (Å²) in [7, 11) is 0. The van der Waals surface area contributed by atoms with Crippen LogP contribution in [-0.2, 0) is 9.53 Å². The van der Waals surface area contributed by atoms with Gasteiger partial charge in [0.1, 0.15) is 4.88 Å². The summed E-state index contributed by atoms with van der Waals surface area (Å²) in [5, 5.41) is 13.7. The number of esters is 1. The van der Waals surface area contributed by atoms with E-state index in [9.17, 15) is 19.7 Å². The lowest BCUT2D eigenvalue weighted by Gasteiger charge is -2.14. The number of nitro groups is 1. The van der Waals surface area contributed by atoms with Crippen molar-refractivity contribution in [2.24, 2.45) is 0 Å². The second-order valence-electron chi connectivity index (χ2n) is 4.81. The number of hydrogen-bond acceptors (Lipinski definition) is 6. The highest BCUT2D eigenvalue weighted by atomic mass is 35.5. The van der Waals surface area contributed by atoms with E-state index in [2.05, 4.69) is 5.32 Å². The first-order valence-electron chi connectivity index (χ1n) is 6.83. The molecule has 1 N–H and O–H groups in total. The summed E-state index contributed by atoms with van der Waals surface area (Å²) in [5.41, 5.74) is 0.855. The van der Waals surface area contributed by atoms with Gasteiger partial charge in [0.05, 0.1) is 11.0 Å². The Labute approximate surface area is 146 Å². The topological polar surface area (TPSA) is 98.5 Å². The molecule has 0 radical (unpaired) electrons. The summed E-state index contributed by atoms with van der Waals surface area (Å²) in [6.07, 6.45) is 0. The van der Waals surface area contributed by atoms with Crippen LogP contribution in [0.1, 0.15) is 28.2 Å². The van der Waals surface area contributed by atoms with Gasteiger partial charge in [-0.3, -0.25) is 14.9 Å². The number of amides is 1. The fourth-order valence-corrected chi connectivity index (χ4v) is 2.70. The van der Waals surface area contributed by atoms with Crippen molar-refractivity contribution in [3.05, 3.63) is 62.0 Å². The molecule has 2 rings (SSSR count). The molecule has 1 atom stereocenters. The fourth-order valence-electron chi connectivity index (χ4n) is 1.86. The molecule has 1 aromatic carbocycles. The molecule has 1 amide bonds. The molecule has 0 saturated heterocycles. The lowest BCUT2D eigenvalue weighted by molar-refractivity contribution is -0.380. The van der Waals surface area contributed by atoms with Crippen molar-refractivity contribution < 1.29 is 19.2 Å². The predicted molar refractivity (Wildman–Crippen MR) is 89.3 cm³/mol. The van der Waals surface area contributed by atoms with Gasteiger partial charge >= 0.3 is 11.0 Å². The highest BCUT2D eigenvalue weighted by Gasteiger charge is 2.18. The number of carbonyl (C=O) groups excluding carboxylic acids is 2. The van der Waals surface area contributed by atoms with Crippen molar-refractivity contribution in [3.63, 3.8) is 0 Å². The second-order valence-corrected chi connectivity index (χ2v) is 6.31. The maximum Gasteiger partial charge on any atom is 0.349 e. The van der Waals surface area contributed by atoms with Gasteiger partial charge in [0.15, 0.2) is 6.61 Å². The lowest BCUT2D eigenvalue weighted by atomic mass is 10.1. The molecule has 9 heteroatoms. The minimum Gasteiger partial charge on any atom is -0.451 e. The first-order valence-corrected chi connectivity index (χ1v) is 8.02. The van der Waals surface area contributed by atoms with E-state index < -0.39 is 23.4 Å². The van der Waals surface area contributed by atoms with Crippen molar-refractivity contribution in [2.45, 2.75) is 13.0 Å². The van der Waals surface area contributed by atoms with E-state index in [1.54, 1.807) is 31.2 Å². The number of nitrogens with zero attached hydrogens (tertiary/aromatic N) is 1. The van der Waals surface area contributed by atoms with E-state index in [1.165, 1.54) is 12.1 Å². The van der Waals surface area contributed by atoms with Crippen LogP contribution in [0, 0.1) is 10.1 Å². The number of carbonyl (C=O) groups is 2. The average Bonchev–Trinajstić information content (AvgIpc) is 3.03. The quantitative estimate of drug-likeness (QED) is 0.479. The van der Waals surface area contributed by atoms with Crippen molar-refractivity contribution in [1.82, 2.24) is 5.32 Å². The summed E-state index contributed by atoms with van der Waals surface area (Å²) in [4.78, 5) is 33.6. The maximum atomic E-state index is 11.8. The summed E-state index contributed by atoms with van der Waals surface area (Å²) >= 11 is 6.50. The van der Waals surface area contributed by atoms with E-state index in [0.29, 0.717) is 16.4 Å². The van der Waals surface area contributed by atoms with Gasteiger partial charge in [-0.1, -0.05) is 35.1 Å². The molecule has 0 saturated carbocycles. The van der Waals surface area contributed by atoms with Crippen molar-refractivity contribution in [3.8, 4) is 0 Å². The largest absolute Gasteiger partial charge is 0.451 e. The summed E-state index contributed by atoms with van der Waals surface area (Å²) < 4.78 is 4.85. The number of thiophene rings is 1. The first kappa shape index (κ1) is 17.9. The number of ether oxygens (including phenoxy) is 1. The van der Waals surface area contributed by atoms with Crippen molar-refractivity contribution in [2.75, 3.05) is 6.61 Å². The van der Waals surface area contributed by atoms with Gasteiger partial charge in [-0.05, 0) is 30.7 Å². The lowest BCUT2D eigenvalue weighted by Crippen LogP contribution is -2.31.